The summed E-state index contributed by atoms with van der Waals surface area (Å²) in [5, 5.41) is 69.4. The summed E-state index contributed by atoms with van der Waals surface area (Å²) in [5.41, 5.74) is -2.94. The maximum atomic E-state index is 12.7. The van der Waals surface area contributed by atoms with E-state index in [1.165, 1.54) is 12.1 Å². The third-order valence-corrected chi connectivity index (χ3v) is 5.31. The second kappa shape index (κ2) is 8.01. The van der Waals surface area contributed by atoms with Gasteiger partial charge in [-0.15, -0.1) is 0 Å². The van der Waals surface area contributed by atoms with Crippen LogP contribution in [0, 0.1) is 0 Å². The van der Waals surface area contributed by atoms with Crippen molar-refractivity contribution in [2.75, 3.05) is 20.3 Å². The Labute approximate surface area is 184 Å². The van der Waals surface area contributed by atoms with Crippen LogP contribution in [0.2, 0.25) is 0 Å². The first-order valence-electron chi connectivity index (χ1n) is 9.53. The van der Waals surface area contributed by atoms with Gasteiger partial charge in [0, 0.05) is 11.6 Å². The van der Waals surface area contributed by atoms with E-state index in [9.17, 15) is 40.5 Å². The quantitative estimate of drug-likeness (QED) is 0.252. The second-order valence-electron chi connectivity index (χ2n) is 7.45. The summed E-state index contributed by atoms with van der Waals surface area (Å²) in [6.07, 6.45) is -3.31. The largest absolute Gasteiger partial charge is 0.504 e. The molecule has 7 N–H and O–H groups in total. The Balaban J connectivity index is 1.89. The average molecular weight is 464 g/mol. The van der Waals surface area contributed by atoms with E-state index in [1.54, 1.807) is 0 Å². The fraction of sp³-hybridized carbons (Fsp3) is 0.286. The molecule has 1 saturated heterocycles. The van der Waals surface area contributed by atoms with E-state index in [4.69, 9.17) is 18.6 Å². The van der Waals surface area contributed by atoms with E-state index in [2.05, 4.69) is 0 Å². The lowest BCUT2D eigenvalue weighted by Gasteiger charge is -2.24. The van der Waals surface area contributed by atoms with E-state index in [1.807, 2.05) is 0 Å². The summed E-state index contributed by atoms with van der Waals surface area (Å²) in [5.74, 6) is -3.68. The van der Waals surface area contributed by atoms with Gasteiger partial charge in [-0.1, -0.05) is 0 Å². The van der Waals surface area contributed by atoms with Crippen LogP contribution >= 0.6 is 0 Å². The molecule has 0 bridgehead atoms. The Morgan fingerprint density at radius 1 is 1.09 bits per heavy atom. The first kappa shape index (κ1) is 22.5. The molecule has 2 heterocycles. The Hall–Kier alpha value is -3.71. The molecule has 3 atom stereocenters. The molecule has 3 unspecified atom stereocenters. The van der Waals surface area contributed by atoms with Crippen LogP contribution in [0.1, 0.15) is 0 Å². The smallest absolute Gasteiger partial charge is 0.229 e. The highest BCUT2D eigenvalue weighted by molar-refractivity contribution is 5.95. The molecule has 176 valence electrons. The van der Waals surface area contributed by atoms with Gasteiger partial charge in [0.25, 0.3) is 0 Å². The van der Waals surface area contributed by atoms with E-state index < -0.39 is 70.8 Å². The number of methoxy groups -OCH3 is 1. The molecule has 1 fully saturated rings. The van der Waals surface area contributed by atoms with Crippen LogP contribution < -0.4 is 14.9 Å². The minimum atomic E-state index is -2.02. The fourth-order valence-electron chi connectivity index (χ4n) is 3.44. The number of aliphatic hydroxyl groups is 3. The number of ether oxygens (including phenoxy) is 3. The van der Waals surface area contributed by atoms with Gasteiger partial charge in [0.05, 0.1) is 20.3 Å². The first-order valence-corrected chi connectivity index (χ1v) is 9.53. The van der Waals surface area contributed by atoms with Gasteiger partial charge in [-0.2, -0.15) is 0 Å². The summed E-state index contributed by atoms with van der Waals surface area (Å²) in [6, 6.07) is 4.68. The van der Waals surface area contributed by atoms with Crippen molar-refractivity contribution < 1.29 is 54.4 Å². The Morgan fingerprint density at radius 3 is 2.42 bits per heavy atom. The summed E-state index contributed by atoms with van der Waals surface area (Å²) in [4.78, 5) is 12.7. The van der Waals surface area contributed by atoms with Crippen molar-refractivity contribution in [3.05, 3.63) is 34.5 Å². The van der Waals surface area contributed by atoms with Gasteiger partial charge in [0.1, 0.15) is 22.9 Å². The molecule has 1 aliphatic rings. The average Bonchev–Trinajstić information content (AvgIpc) is 3.08. The number of rotatable bonds is 5. The SMILES string of the molecule is COc1c(OC2OCC(O)(CO)C2O)c(O)c(O)c2c(=O)cc(-c3ccc(O)c(O)c3)oc12. The molecule has 1 aliphatic heterocycles. The van der Waals surface area contributed by atoms with E-state index in [0.717, 1.165) is 19.2 Å². The number of aliphatic hydroxyl groups excluding tert-OH is 2. The molecule has 1 aromatic heterocycles. The van der Waals surface area contributed by atoms with Crippen LogP contribution in [0.4, 0.5) is 0 Å². The van der Waals surface area contributed by atoms with Crippen LogP contribution in [0.25, 0.3) is 22.3 Å². The molecule has 3 aromatic rings. The fourth-order valence-corrected chi connectivity index (χ4v) is 3.44. The molecule has 0 saturated carbocycles. The Bertz CT molecular complexity index is 1280. The van der Waals surface area contributed by atoms with Crippen LogP contribution in [0.5, 0.6) is 34.5 Å². The highest BCUT2D eigenvalue weighted by Crippen LogP contribution is 2.50. The van der Waals surface area contributed by atoms with Gasteiger partial charge >= 0.3 is 0 Å². The second-order valence-corrected chi connectivity index (χ2v) is 7.45. The zero-order valence-electron chi connectivity index (χ0n) is 17.1. The third kappa shape index (κ3) is 3.54. The number of fused-ring (bicyclic) bond motifs is 1. The zero-order valence-corrected chi connectivity index (χ0v) is 17.1. The van der Waals surface area contributed by atoms with Crippen molar-refractivity contribution in [3.8, 4) is 45.8 Å². The molecule has 33 heavy (non-hydrogen) atoms. The molecular weight excluding hydrogens is 444 g/mol. The molecule has 12 nitrogen and oxygen atoms in total. The van der Waals surface area contributed by atoms with Gasteiger partial charge < -0.3 is 54.4 Å². The molecular formula is C21H20O12. The molecule has 4 rings (SSSR count). The van der Waals surface area contributed by atoms with Crippen molar-refractivity contribution in [3.63, 3.8) is 0 Å². The molecule has 0 spiro atoms. The van der Waals surface area contributed by atoms with Crippen LogP contribution in [0.15, 0.2) is 33.5 Å². The minimum Gasteiger partial charge on any atom is -0.504 e. The predicted octanol–water partition coefficient (Wildman–Crippen LogP) is 0.110. The normalized spacial score (nSPS) is 22.5. The standard InChI is InChI=1S/C21H20O12/c1-30-18-16-13(11(25)5-12(32-16)8-2-3-9(23)10(24)4-8)14(26)15(27)17(18)33-20-19(28)21(29,6-22)7-31-20/h2-5,19-20,22-24,26-29H,6-7H2,1H3. The van der Waals surface area contributed by atoms with Gasteiger partial charge in [-0.25, -0.2) is 0 Å². The summed E-state index contributed by atoms with van der Waals surface area (Å²) in [6.45, 7) is -1.32. The minimum absolute atomic E-state index is 0.0797. The summed E-state index contributed by atoms with van der Waals surface area (Å²) < 4.78 is 21.5. The monoisotopic (exact) mass is 464 g/mol. The van der Waals surface area contributed by atoms with E-state index in [-0.39, 0.29) is 22.7 Å². The van der Waals surface area contributed by atoms with Crippen LogP contribution in [-0.2, 0) is 4.74 Å². The number of hydrogen-bond acceptors (Lipinski definition) is 12. The lowest BCUT2D eigenvalue weighted by atomic mass is 10.0. The van der Waals surface area contributed by atoms with Crippen LogP contribution in [0.3, 0.4) is 0 Å². The predicted molar refractivity (Wildman–Crippen MR) is 110 cm³/mol. The van der Waals surface area contributed by atoms with Crippen molar-refractivity contribution in [1.82, 2.24) is 0 Å². The van der Waals surface area contributed by atoms with Gasteiger partial charge in [-0.3, -0.25) is 4.79 Å². The molecule has 12 heteroatoms. The third-order valence-electron chi connectivity index (χ3n) is 5.31. The van der Waals surface area contributed by atoms with Gasteiger partial charge in [0.2, 0.25) is 23.5 Å². The highest BCUT2D eigenvalue weighted by Gasteiger charge is 2.49. The van der Waals surface area contributed by atoms with Crippen molar-refractivity contribution >= 4 is 11.0 Å². The number of phenols is 4. The number of benzene rings is 2. The summed E-state index contributed by atoms with van der Waals surface area (Å²) >= 11 is 0. The van der Waals surface area contributed by atoms with Gasteiger partial charge in [0.15, 0.2) is 28.3 Å². The van der Waals surface area contributed by atoms with Crippen LogP contribution in [-0.4, -0.2) is 74.1 Å². The zero-order chi connectivity index (χ0) is 24.1. The van der Waals surface area contributed by atoms with E-state index in [0.29, 0.717) is 0 Å². The topological polar surface area (TPSA) is 200 Å². The molecule has 0 radical (unpaired) electrons. The number of phenolic OH excluding ortho intramolecular Hbond substituents is 4. The van der Waals surface area contributed by atoms with Crippen molar-refractivity contribution in [2.24, 2.45) is 0 Å². The lowest BCUT2D eigenvalue weighted by Crippen LogP contribution is -2.48. The Morgan fingerprint density at radius 2 is 1.82 bits per heavy atom. The molecule has 2 aromatic carbocycles. The lowest BCUT2D eigenvalue weighted by molar-refractivity contribution is -0.116. The first-order chi connectivity index (χ1) is 15.6. The molecule has 0 aliphatic carbocycles. The Kier molecular flexibility index (Phi) is 5.46. The number of hydrogen-bond donors (Lipinski definition) is 7. The van der Waals surface area contributed by atoms with E-state index >= 15 is 0 Å². The van der Waals surface area contributed by atoms with Crippen molar-refractivity contribution in [1.29, 1.82) is 0 Å². The van der Waals surface area contributed by atoms with Gasteiger partial charge in [-0.05, 0) is 18.2 Å². The maximum Gasteiger partial charge on any atom is 0.229 e. The highest BCUT2D eigenvalue weighted by atomic mass is 16.7. The number of aromatic hydroxyl groups is 4. The summed E-state index contributed by atoms with van der Waals surface area (Å²) in [7, 11) is 1.16. The maximum absolute atomic E-state index is 12.7. The van der Waals surface area contributed by atoms with Crippen molar-refractivity contribution in [2.45, 2.75) is 18.0 Å². The molecule has 0 amide bonds.